The molecule has 0 bridgehead atoms. The molecular weight excluding hydrogens is 294 g/mol. The van der Waals surface area contributed by atoms with Crippen molar-refractivity contribution in [2.45, 2.75) is 20.5 Å². The minimum Gasteiger partial charge on any atom is -0.488 e. The molecule has 0 radical (unpaired) electrons. The molecule has 0 unspecified atom stereocenters. The monoisotopic (exact) mass is 317 g/mol. The summed E-state index contributed by atoms with van der Waals surface area (Å²) in [6, 6.07) is 7.27. The fourth-order valence-electron chi connectivity index (χ4n) is 2.21. The molecule has 0 aliphatic heterocycles. The number of ether oxygens (including phenoxy) is 1. The molecule has 0 atom stereocenters. The number of hydrogen-bond acceptors (Lipinski definition) is 5. The summed E-state index contributed by atoms with van der Waals surface area (Å²) in [5.74, 6) is 1.24. The number of aromatic nitrogens is 1. The molecule has 2 rings (SSSR count). The van der Waals surface area contributed by atoms with Gasteiger partial charge in [0.05, 0.1) is 16.8 Å². The predicted octanol–water partition coefficient (Wildman–Crippen LogP) is 2.16. The number of carbonyl (C=O) groups is 1. The molecule has 1 aromatic carbocycles. The van der Waals surface area contributed by atoms with E-state index in [1.54, 1.807) is 24.1 Å². The summed E-state index contributed by atoms with van der Waals surface area (Å²) in [5, 5.41) is 6.94. The predicted molar refractivity (Wildman–Crippen MR) is 87.6 cm³/mol. The highest BCUT2D eigenvalue weighted by Crippen LogP contribution is 2.22. The number of hydrogen-bond donors (Lipinski definition) is 1. The van der Waals surface area contributed by atoms with Crippen molar-refractivity contribution in [1.29, 1.82) is 0 Å². The van der Waals surface area contributed by atoms with Crippen LogP contribution in [0.5, 0.6) is 5.75 Å². The summed E-state index contributed by atoms with van der Waals surface area (Å²) >= 11 is 0. The van der Waals surface area contributed by atoms with Crippen LogP contribution >= 0.6 is 0 Å². The molecule has 1 heterocycles. The SMILES string of the molecule is CNCCN(C)C(=O)c1ccccc1OCc1c(C)noc1C. The molecule has 1 amide bonds. The van der Waals surface area contributed by atoms with Crippen molar-refractivity contribution in [3.8, 4) is 5.75 Å². The van der Waals surface area contributed by atoms with Gasteiger partial charge in [0.1, 0.15) is 18.1 Å². The summed E-state index contributed by atoms with van der Waals surface area (Å²) in [7, 11) is 3.64. The van der Waals surface area contributed by atoms with Crippen molar-refractivity contribution in [3.63, 3.8) is 0 Å². The Morgan fingerprint density at radius 3 is 2.74 bits per heavy atom. The van der Waals surface area contributed by atoms with Crippen molar-refractivity contribution < 1.29 is 14.1 Å². The minimum atomic E-state index is -0.0605. The molecule has 0 saturated carbocycles. The summed E-state index contributed by atoms with van der Waals surface area (Å²) in [6.45, 7) is 5.42. The van der Waals surface area contributed by atoms with E-state index < -0.39 is 0 Å². The van der Waals surface area contributed by atoms with Crippen LogP contribution in [0.4, 0.5) is 0 Å². The van der Waals surface area contributed by atoms with E-state index in [1.165, 1.54) is 0 Å². The molecule has 0 aliphatic rings. The normalized spacial score (nSPS) is 10.6. The Balaban J connectivity index is 2.13. The largest absolute Gasteiger partial charge is 0.488 e. The average molecular weight is 317 g/mol. The van der Waals surface area contributed by atoms with Crippen LogP contribution in [-0.2, 0) is 6.61 Å². The number of nitrogens with zero attached hydrogens (tertiary/aromatic N) is 2. The lowest BCUT2D eigenvalue weighted by Gasteiger charge is -2.19. The molecule has 0 spiro atoms. The highest BCUT2D eigenvalue weighted by molar-refractivity contribution is 5.96. The zero-order valence-electron chi connectivity index (χ0n) is 14.0. The van der Waals surface area contributed by atoms with E-state index in [-0.39, 0.29) is 5.91 Å². The third-order valence-corrected chi connectivity index (χ3v) is 3.71. The second-order valence-corrected chi connectivity index (χ2v) is 5.42. The molecule has 0 fully saturated rings. The van der Waals surface area contributed by atoms with Gasteiger partial charge in [0.15, 0.2) is 0 Å². The van der Waals surface area contributed by atoms with E-state index in [0.29, 0.717) is 24.5 Å². The van der Waals surface area contributed by atoms with Crippen LogP contribution < -0.4 is 10.1 Å². The third kappa shape index (κ3) is 4.10. The molecule has 6 nitrogen and oxygen atoms in total. The zero-order chi connectivity index (χ0) is 16.8. The van der Waals surface area contributed by atoms with Crippen molar-refractivity contribution in [2.24, 2.45) is 0 Å². The third-order valence-electron chi connectivity index (χ3n) is 3.71. The van der Waals surface area contributed by atoms with E-state index in [1.807, 2.05) is 33.0 Å². The lowest BCUT2D eigenvalue weighted by Crippen LogP contribution is -2.33. The Kier molecular flexibility index (Phi) is 5.76. The quantitative estimate of drug-likeness (QED) is 0.847. The van der Waals surface area contributed by atoms with Gasteiger partial charge in [-0.25, -0.2) is 0 Å². The summed E-state index contributed by atoms with van der Waals surface area (Å²) in [6.07, 6.45) is 0. The average Bonchev–Trinajstić information content (AvgIpc) is 2.88. The molecule has 1 aromatic heterocycles. The fraction of sp³-hybridized carbons (Fsp3) is 0.412. The first-order valence-electron chi connectivity index (χ1n) is 7.58. The van der Waals surface area contributed by atoms with Crippen LogP contribution in [0.1, 0.15) is 27.4 Å². The number of rotatable bonds is 7. The Bertz CT molecular complexity index is 647. The first-order chi connectivity index (χ1) is 11.0. The first-order valence-corrected chi connectivity index (χ1v) is 7.58. The molecule has 0 aliphatic carbocycles. The van der Waals surface area contributed by atoms with Gasteiger partial charge in [-0.1, -0.05) is 17.3 Å². The van der Waals surface area contributed by atoms with Gasteiger partial charge >= 0.3 is 0 Å². The van der Waals surface area contributed by atoms with Gasteiger partial charge in [-0.15, -0.1) is 0 Å². The zero-order valence-corrected chi connectivity index (χ0v) is 14.0. The molecular formula is C17H23N3O3. The van der Waals surface area contributed by atoms with Crippen LogP contribution in [0.3, 0.4) is 0 Å². The lowest BCUT2D eigenvalue weighted by atomic mass is 10.1. The molecule has 0 saturated heterocycles. The summed E-state index contributed by atoms with van der Waals surface area (Å²) < 4.78 is 11.0. The van der Waals surface area contributed by atoms with Gasteiger partial charge in [0.2, 0.25) is 0 Å². The van der Waals surface area contributed by atoms with Crippen molar-refractivity contribution in [3.05, 3.63) is 46.8 Å². The maximum absolute atomic E-state index is 12.6. The van der Waals surface area contributed by atoms with Crippen LogP contribution in [0.25, 0.3) is 0 Å². The van der Waals surface area contributed by atoms with Crippen molar-refractivity contribution in [2.75, 3.05) is 27.2 Å². The maximum atomic E-state index is 12.6. The second-order valence-electron chi connectivity index (χ2n) is 5.42. The smallest absolute Gasteiger partial charge is 0.257 e. The molecule has 6 heteroatoms. The number of amides is 1. The van der Waals surface area contributed by atoms with Crippen molar-refractivity contribution >= 4 is 5.91 Å². The maximum Gasteiger partial charge on any atom is 0.257 e. The van der Waals surface area contributed by atoms with E-state index in [2.05, 4.69) is 10.5 Å². The second kappa shape index (κ2) is 7.78. The topological polar surface area (TPSA) is 67.6 Å². The Labute approximate surface area is 136 Å². The Hall–Kier alpha value is -2.34. The molecule has 23 heavy (non-hydrogen) atoms. The van der Waals surface area contributed by atoms with E-state index in [0.717, 1.165) is 23.6 Å². The first kappa shape index (κ1) is 17.0. The Morgan fingerprint density at radius 2 is 2.09 bits per heavy atom. The number of aryl methyl sites for hydroxylation is 2. The van der Waals surface area contributed by atoms with Gasteiger partial charge in [-0.3, -0.25) is 4.79 Å². The number of likely N-dealkylation sites (N-methyl/N-ethyl adjacent to an activating group) is 2. The Morgan fingerprint density at radius 1 is 1.35 bits per heavy atom. The standard InChI is InChI=1S/C17H23N3O3/c1-12-15(13(2)23-19-12)11-22-16-8-6-5-7-14(16)17(21)20(4)10-9-18-3/h5-8,18H,9-11H2,1-4H3. The van der Waals surface area contributed by atoms with E-state index in [4.69, 9.17) is 9.26 Å². The number of carbonyl (C=O) groups excluding carboxylic acids is 1. The van der Waals surface area contributed by atoms with E-state index in [9.17, 15) is 4.79 Å². The van der Waals surface area contributed by atoms with Gasteiger partial charge in [-0.05, 0) is 33.0 Å². The van der Waals surface area contributed by atoms with Gasteiger partial charge in [0.25, 0.3) is 5.91 Å². The minimum absolute atomic E-state index is 0.0605. The van der Waals surface area contributed by atoms with Crippen molar-refractivity contribution in [1.82, 2.24) is 15.4 Å². The van der Waals surface area contributed by atoms with Crippen LogP contribution in [0, 0.1) is 13.8 Å². The van der Waals surface area contributed by atoms with E-state index >= 15 is 0 Å². The number of nitrogens with one attached hydrogen (secondary N) is 1. The highest BCUT2D eigenvalue weighted by atomic mass is 16.5. The van der Waals surface area contributed by atoms with Gasteiger partial charge in [-0.2, -0.15) is 0 Å². The molecule has 2 aromatic rings. The highest BCUT2D eigenvalue weighted by Gasteiger charge is 2.17. The van der Waals surface area contributed by atoms with Crippen LogP contribution in [-0.4, -0.2) is 43.1 Å². The van der Waals surface area contributed by atoms with Gasteiger partial charge in [0, 0.05) is 20.1 Å². The van der Waals surface area contributed by atoms with Gasteiger partial charge < -0.3 is 19.5 Å². The fourth-order valence-corrected chi connectivity index (χ4v) is 2.21. The van der Waals surface area contributed by atoms with Crippen LogP contribution in [0.2, 0.25) is 0 Å². The summed E-state index contributed by atoms with van der Waals surface area (Å²) in [4.78, 5) is 14.2. The number of benzene rings is 1. The molecule has 1 N–H and O–H groups in total. The summed E-state index contributed by atoms with van der Waals surface area (Å²) in [5.41, 5.74) is 2.27. The lowest BCUT2D eigenvalue weighted by molar-refractivity contribution is 0.0792. The molecule has 124 valence electrons. The number of para-hydroxylation sites is 1. The van der Waals surface area contributed by atoms with Crippen LogP contribution in [0.15, 0.2) is 28.8 Å².